The van der Waals surface area contributed by atoms with Gasteiger partial charge in [-0.2, -0.15) is 11.8 Å². The first kappa shape index (κ1) is 18.1. The van der Waals surface area contributed by atoms with E-state index in [9.17, 15) is 9.18 Å². The summed E-state index contributed by atoms with van der Waals surface area (Å²) in [7, 11) is 0. The third kappa shape index (κ3) is 6.03. The molecule has 1 amide bonds. The van der Waals surface area contributed by atoms with Gasteiger partial charge in [-0.25, -0.2) is 4.39 Å². The molecule has 0 bridgehead atoms. The summed E-state index contributed by atoms with van der Waals surface area (Å²) in [6.07, 6.45) is 4.71. The summed E-state index contributed by atoms with van der Waals surface area (Å²) in [4.78, 5) is 13.9. The second kappa shape index (κ2) is 9.78. The summed E-state index contributed by atoms with van der Waals surface area (Å²) >= 11 is 1.78. The summed E-state index contributed by atoms with van der Waals surface area (Å²) in [6, 6.07) is 6.42. The number of carbonyl (C=O) groups is 1. The molecule has 23 heavy (non-hydrogen) atoms. The molecule has 0 aromatic heterocycles. The second-order valence-corrected chi connectivity index (χ2v) is 6.60. The number of nitrogens with zero attached hydrogens (tertiary/aromatic N) is 1. The van der Waals surface area contributed by atoms with Gasteiger partial charge in [0, 0.05) is 31.3 Å². The molecule has 2 rings (SSSR count). The Kier molecular flexibility index (Phi) is 7.68. The number of ether oxygens (including phenoxy) is 1. The molecule has 0 radical (unpaired) electrons. The van der Waals surface area contributed by atoms with E-state index in [1.165, 1.54) is 12.1 Å². The van der Waals surface area contributed by atoms with Crippen LogP contribution < -0.4 is 10.1 Å². The van der Waals surface area contributed by atoms with Crippen molar-refractivity contribution in [3.8, 4) is 5.75 Å². The van der Waals surface area contributed by atoms with Gasteiger partial charge in [0.05, 0.1) is 0 Å². The van der Waals surface area contributed by atoms with Crippen LogP contribution in [0.15, 0.2) is 24.3 Å². The first-order chi connectivity index (χ1) is 11.2. The van der Waals surface area contributed by atoms with Crippen molar-refractivity contribution in [1.82, 2.24) is 10.2 Å². The number of nitrogens with one attached hydrogen (secondary N) is 1. The molecule has 1 aliphatic heterocycles. The predicted molar refractivity (Wildman–Crippen MR) is 92.5 cm³/mol. The van der Waals surface area contributed by atoms with Crippen molar-refractivity contribution >= 4 is 17.7 Å². The zero-order valence-corrected chi connectivity index (χ0v) is 14.4. The molecule has 1 saturated heterocycles. The molecule has 0 saturated carbocycles. The maximum absolute atomic E-state index is 12.8. The third-order valence-corrected chi connectivity index (χ3v) is 4.60. The third-order valence-electron chi connectivity index (χ3n) is 4.00. The van der Waals surface area contributed by atoms with Crippen LogP contribution in [0.1, 0.15) is 19.3 Å². The Bertz CT molecular complexity index is 484. The summed E-state index contributed by atoms with van der Waals surface area (Å²) in [6.45, 7) is 3.02. The van der Waals surface area contributed by atoms with Crippen LogP contribution in [0.2, 0.25) is 0 Å². The monoisotopic (exact) mass is 340 g/mol. The van der Waals surface area contributed by atoms with E-state index in [0.29, 0.717) is 30.7 Å². The minimum atomic E-state index is -0.257. The molecular weight excluding hydrogens is 315 g/mol. The molecule has 1 aromatic rings. The summed E-state index contributed by atoms with van der Waals surface area (Å²) in [5.74, 6) is 1.72. The van der Waals surface area contributed by atoms with E-state index < -0.39 is 0 Å². The lowest BCUT2D eigenvalue weighted by molar-refractivity contribution is -0.128. The van der Waals surface area contributed by atoms with Crippen LogP contribution in [-0.4, -0.2) is 55.1 Å². The number of amides is 1. The molecule has 1 fully saturated rings. The van der Waals surface area contributed by atoms with Crippen molar-refractivity contribution in [1.29, 1.82) is 0 Å². The Balaban J connectivity index is 1.57. The lowest BCUT2D eigenvalue weighted by Crippen LogP contribution is -2.37. The van der Waals surface area contributed by atoms with Gasteiger partial charge in [-0.05, 0) is 49.9 Å². The molecule has 0 spiro atoms. The van der Waals surface area contributed by atoms with Crippen molar-refractivity contribution in [2.75, 3.05) is 38.2 Å². The Morgan fingerprint density at radius 3 is 2.87 bits per heavy atom. The fraction of sp³-hybridized carbons (Fsp3) is 0.588. The van der Waals surface area contributed by atoms with Gasteiger partial charge in [0.25, 0.3) is 0 Å². The first-order valence-electron chi connectivity index (χ1n) is 8.08. The van der Waals surface area contributed by atoms with Gasteiger partial charge >= 0.3 is 0 Å². The quantitative estimate of drug-likeness (QED) is 0.665. The summed E-state index contributed by atoms with van der Waals surface area (Å²) in [5, 5.41) is 3.34. The maximum Gasteiger partial charge on any atom is 0.222 e. The van der Waals surface area contributed by atoms with Gasteiger partial charge in [-0.15, -0.1) is 0 Å². The molecule has 1 N–H and O–H groups in total. The zero-order chi connectivity index (χ0) is 16.5. The average Bonchev–Trinajstić information content (AvgIpc) is 2.90. The van der Waals surface area contributed by atoms with Crippen LogP contribution >= 0.6 is 11.8 Å². The van der Waals surface area contributed by atoms with Crippen LogP contribution in [-0.2, 0) is 4.79 Å². The first-order valence-corrected chi connectivity index (χ1v) is 9.47. The maximum atomic E-state index is 12.8. The molecule has 4 nitrogen and oxygen atoms in total. The van der Waals surface area contributed by atoms with E-state index in [-0.39, 0.29) is 5.82 Å². The highest BCUT2D eigenvalue weighted by molar-refractivity contribution is 7.98. The number of hydrogen-bond acceptors (Lipinski definition) is 4. The van der Waals surface area contributed by atoms with Crippen molar-refractivity contribution < 1.29 is 13.9 Å². The molecule has 0 unspecified atom stereocenters. The zero-order valence-electron chi connectivity index (χ0n) is 13.6. The largest absolute Gasteiger partial charge is 0.492 e. The van der Waals surface area contributed by atoms with Gasteiger partial charge < -0.3 is 15.0 Å². The van der Waals surface area contributed by atoms with Gasteiger partial charge in [-0.3, -0.25) is 4.79 Å². The molecule has 0 aliphatic carbocycles. The van der Waals surface area contributed by atoms with Crippen LogP contribution in [0.5, 0.6) is 5.75 Å². The van der Waals surface area contributed by atoms with Gasteiger partial charge in [0.15, 0.2) is 0 Å². The van der Waals surface area contributed by atoms with Gasteiger partial charge in [0.2, 0.25) is 5.91 Å². The van der Waals surface area contributed by atoms with Gasteiger partial charge in [0.1, 0.15) is 18.2 Å². The number of thioether (sulfide) groups is 1. The second-order valence-electron chi connectivity index (χ2n) is 5.61. The highest BCUT2D eigenvalue weighted by Crippen LogP contribution is 2.21. The van der Waals surface area contributed by atoms with E-state index >= 15 is 0 Å². The van der Waals surface area contributed by atoms with E-state index in [4.69, 9.17) is 4.74 Å². The topological polar surface area (TPSA) is 41.6 Å². The summed E-state index contributed by atoms with van der Waals surface area (Å²) in [5.41, 5.74) is 0. The lowest BCUT2D eigenvalue weighted by Gasteiger charge is -2.24. The standard InChI is InChI=1S/C17H25FN2O2S/c1-23-13-11-20-15(4-7-17(20)21)8-9-19-10-12-22-16-5-2-14(18)3-6-16/h2-3,5-6,15,19H,4,7-13H2,1H3/t15-/m1/s1. The fourth-order valence-corrected chi connectivity index (χ4v) is 3.14. The Morgan fingerprint density at radius 2 is 2.13 bits per heavy atom. The normalized spacial score (nSPS) is 17.7. The average molecular weight is 340 g/mol. The van der Waals surface area contributed by atoms with Crippen molar-refractivity contribution in [2.45, 2.75) is 25.3 Å². The van der Waals surface area contributed by atoms with Crippen molar-refractivity contribution in [2.24, 2.45) is 0 Å². The molecular formula is C17H25FN2O2S. The number of likely N-dealkylation sites (tertiary alicyclic amines) is 1. The molecule has 1 aromatic carbocycles. The highest BCUT2D eigenvalue weighted by atomic mass is 32.2. The highest BCUT2D eigenvalue weighted by Gasteiger charge is 2.29. The van der Waals surface area contributed by atoms with E-state index in [1.807, 2.05) is 4.90 Å². The molecule has 1 aliphatic rings. The van der Waals surface area contributed by atoms with Crippen LogP contribution in [0.4, 0.5) is 4.39 Å². The van der Waals surface area contributed by atoms with E-state index in [2.05, 4.69) is 11.6 Å². The molecule has 6 heteroatoms. The Morgan fingerprint density at radius 1 is 1.35 bits per heavy atom. The Labute approximate surface area is 141 Å². The molecule has 1 heterocycles. The lowest BCUT2D eigenvalue weighted by atomic mass is 10.1. The number of hydrogen-bond donors (Lipinski definition) is 1. The molecule has 128 valence electrons. The van der Waals surface area contributed by atoms with Crippen LogP contribution in [0.3, 0.4) is 0 Å². The minimum Gasteiger partial charge on any atom is -0.492 e. The van der Waals surface area contributed by atoms with Crippen molar-refractivity contribution in [3.63, 3.8) is 0 Å². The predicted octanol–water partition coefficient (Wildman–Crippen LogP) is 2.54. The van der Waals surface area contributed by atoms with E-state index in [0.717, 1.165) is 38.2 Å². The van der Waals surface area contributed by atoms with Gasteiger partial charge in [-0.1, -0.05) is 0 Å². The minimum absolute atomic E-state index is 0.257. The van der Waals surface area contributed by atoms with E-state index in [1.54, 1.807) is 23.9 Å². The smallest absolute Gasteiger partial charge is 0.222 e. The number of carbonyl (C=O) groups excluding carboxylic acids is 1. The number of rotatable bonds is 10. The number of halogens is 1. The summed E-state index contributed by atoms with van der Waals surface area (Å²) < 4.78 is 18.3. The fourth-order valence-electron chi connectivity index (χ4n) is 2.76. The van der Waals surface area contributed by atoms with Crippen LogP contribution in [0.25, 0.3) is 0 Å². The SMILES string of the molecule is CSCCN1C(=O)CC[C@@H]1CCNCCOc1ccc(F)cc1. The van der Waals surface area contributed by atoms with Crippen LogP contribution in [0, 0.1) is 5.82 Å². The Hall–Kier alpha value is -1.27. The van der Waals surface area contributed by atoms with Crippen molar-refractivity contribution in [3.05, 3.63) is 30.1 Å². The molecule has 1 atom stereocenters. The number of benzene rings is 1.